The third-order valence-electron chi connectivity index (χ3n) is 3.40. The quantitative estimate of drug-likeness (QED) is 0.794. The van der Waals surface area contributed by atoms with Gasteiger partial charge in [-0.1, -0.05) is 12.1 Å². The van der Waals surface area contributed by atoms with Crippen molar-refractivity contribution in [2.75, 3.05) is 25.5 Å². The van der Waals surface area contributed by atoms with Gasteiger partial charge in [0.1, 0.15) is 0 Å². The number of rotatable bonds is 8. The van der Waals surface area contributed by atoms with Gasteiger partial charge in [-0.05, 0) is 44.5 Å². The molecule has 112 valence electrons. The van der Waals surface area contributed by atoms with Crippen molar-refractivity contribution in [2.24, 2.45) is 0 Å². The van der Waals surface area contributed by atoms with Gasteiger partial charge in [0.05, 0.1) is 0 Å². The van der Waals surface area contributed by atoms with Crippen LogP contribution in [-0.4, -0.2) is 42.7 Å². The zero-order valence-corrected chi connectivity index (χ0v) is 13.0. The van der Waals surface area contributed by atoms with Gasteiger partial charge in [0.15, 0.2) is 0 Å². The SMILES string of the molecule is CC(C)N(CCCC(=O)O)Cc1ccc(N(C)C)cc1. The summed E-state index contributed by atoms with van der Waals surface area (Å²) in [4.78, 5) is 15.0. The number of aliphatic carboxylic acids is 1. The smallest absolute Gasteiger partial charge is 0.303 e. The van der Waals surface area contributed by atoms with E-state index in [4.69, 9.17) is 5.11 Å². The van der Waals surface area contributed by atoms with E-state index in [-0.39, 0.29) is 6.42 Å². The van der Waals surface area contributed by atoms with Gasteiger partial charge in [0.2, 0.25) is 0 Å². The lowest BCUT2D eigenvalue weighted by Crippen LogP contribution is -2.31. The summed E-state index contributed by atoms with van der Waals surface area (Å²) in [5.41, 5.74) is 2.45. The van der Waals surface area contributed by atoms with E-state index >= 15 is 0 Å². The second-order valence-electron chi connectivity index (χ2n) is 5.62. The van der Waals surface area contributed by atoms with E-state index in [0.717, 1.165) is 13.1 Å². The number of hydrogen-bond donors (Lipinski definition) is 1. The molecule has 0 aliphatic heterocycles. The Morgan fingerprint density at radius 1 is 1.20 bits per heavy atom. The van der Waals surface area contributed by atoms with Gasteiger partial charge in [-0.15, -0.1) is 0 Å². The predicted octanol–water partition coefficient (Wildman–Crippen LogP) is 2.83. The van der Waals surface area contributed by atoms with Crippen LogP contribution in [0.3, 0.4) is 0 Å². The average molecular weight is 278 g/mol. The van der Waals surface area contributed by atoms with Crippen LogP contribution in [0.25, 0.3) is 0 Å². The van der Waals surface area contributed by atoms with Gasteiger partial charge < -0.3 is 10.0 Å². The van der Waals surface area contributed by atoms with Crippen LogP contribution in [0.5, 0.6) is 0 Å². The van der Waals surface area contributed by atoms with E-state index in [2.05, 4.69) is 47.9 Å². The van der Waals surface area contributed by atoms with Crippen molar-refractivity contribution in [1.82, 2.24) is 4.90 Å². The molecule has 0 aliphatic carbocycles. The molecule has 0 saturated carbocycles. The van der Waals surface area contributed by atoms with Crippen molar-refractivity contribution in [3.63, 3.8) is 0 Å². The van der Waals surface area contributed by atoms with E-state index in [9.17, 15) is 4.79 Å². The minimum atomic E-state index is -0.718. The lowest BCUT2D eigenvalue weighted by Gasteiger charge is -2.26. The molecule has 0 amide bonds. The Labute approximate surface area is 122 Å². The highest BCUT2D eigenvalue weighted by Gasteiger charge is 2.11. The highest BCUT2D eigenvalue weighted by atomic mass is 16.4. The van der Waals surface area contributed by atoms with E-state index in [1.165, 1.54) is 11.3 Å². The van der Waals surface area contributed by atoms with Crippen molar-refractivity contribution in [1.29, 1.82) is 0 Å². The largest absolute Gasteiger partial charge is 0.481 e. The fourth-order valence-electron chi connectivity index (χ4n) is 2.09. The normalized spacial score (nSPS) is 11.1. The third-order valence-corrected chi connectivity index (χ3v) is 3.40. The van der Waals surface area contributed by atoms with Crippen LogP contribution >= 0.6 is 0 Å². The minimum Gasteiger partial charge on any atom is -0.481 e. The van der Waals surface area contributed by atoms with Crippen LogP contribution in [0.2, 0.25) is 0 Å². The van der Waals surface area contributed by atoms with E-state index < -0.39 is 5.97 Å². The first-order valence-electron chi connectivity index (χ1n) is 7.12. The molecule has 0 unspecified atom stereocenters. The molecule has 0 saturated heterocycles. The van der Waals surface area contributed by atoms with Crippen LogP contribution < -0.4 is 4.90 Å². The van der Waals surface area contributed by atoms with Crippen molar-refractivity contribution in [3.8, 4) is 0 Å². The maximum absolute atomic E-state index is 10.6. The molecule has 4 heteroatoms. The molecular formula is C16H26N2O2. The summed E-state index contributed by atoms with van der Waals surface area (Å²) in [6.45, 7) is 5.98. The third kappa shape index (κ3) is 5.61. The van der Waals surface area contributed by atoms with Crippen LogP contribution in [0.1, 0.15) is 32.3 Å². The molecule has 1 aromatic carbocycles. The predicted molar refractivity (Wildman–Crippen MR) is 83.2 cm³/mol. The summed E-state index contributed by atoms with van der Waals surface area (Å²) in [6.07, 6.45) is 0.937. The Bertz CT molecular complexity index is 413. The van der Waals surface area contributed by atoms with Gasteiger partial charge in [0, 0.05) is 38.8 Å². The molecular weight excluding hydrogens is 252 g/mol. The molecule has 0 spiro atoms. The minimum absolute atomic E-state index is 0.239. The van der Waals surface area contributed by atoms with Crippen LogP contribution in [0.4, 0.5) is 5.69 Å². The Hall–Kier alpha value is -1.55. The van der Waals surface area contributed by atoms with Gasteiger partial charge in [-0.25, -0.2) is 0 Å². The maximum atomic E-state index is 10.6. The van der Waals surface area contributed by atoms with Crippen LogP contribution in [0.15, 0.2) is 24.3 Å². The average Bonchev–Trinajstić information content (AvgIpc) is 2.37. The number of carboxylic acids is 1. The van der Waals surface area contributed by atoms with E-state index in [0.29, 0.717) is 12.5 Å². The molecule has 20 heavy (non-hydrogen) atoms. The lowest BCUT2D eigenvalue weighted by atomic mass is 10.1. The van der Waals surface area contributed by atoms with Crippen molar-refractivity contribution >= 4 is 11.7 Å². The molecule has 0 aliphatic rings. The Kier molecular flexibility index (Phi) is 6.52. The Morgan fingerprint density at radius 2 is 1.80 bits per heavy atom. The number of carbonyl (C=O) groups is 1. The van der Waals surface area contributed by atoms with Crippen molar-refractivity contribution in [3.05, 3.63) is 29.8 Å². The molecule has 0 bridgehead atoms. The summed E-state index contributed by atoms with van der Waals surface area (Å²) in [5.74, 6) is -0.718. The Balaban J connectivity index is 2.58. The first-order valence-corrected chi connectivity index (χ1v) is 7.12. The second kappa shape index (κ2) is 7.90. The van der Waals surface area contributed by atoms with Gasteiger partial charge in [-0.2, -0.15) is 0 Å². The number of carboxylic acid groups (broad SMARTS) is 1. The topological polar surface area (TPSA) is 43.8 Å². The summed E-state index contributed by atoms with van der Waals surface area (Å²) in [6, 6.07) is 8.93. The van der Waals surface area contributed by atoms with Gasteiger partial charge >= 0.3 is 5.97 Å². The van der Waals surface area contributed by atoms with Gasteiger partial charge in [-0.3, -0.25) is 9.69 Å². The summed E-state index contributed by atoms with van der Waals surface area (Å²) >= 11 is 0. The monoisotopic (exact) mass is 278 g/mol. The Morgan fingerprint density at radius 3 is 2.25 bits per heavy atom. The molecule has 0 heterocycles. The molecule has 4 nitrogen and oxygen atoms in total. The zero-order chi connectivity index (χ0) is 15.1. The van der Waals surface area contributed by atoms with Crippen molar-refractivity contribution < 1.29 is 9.90 Å². The fraction of sp³-hybridized carbons (Fsp3) is 0.562. The maximum Gasteiger partial charge on any atom is 0.303 e. The number of hydrogen-bond acceptors (Lipinski definition) is 3. The molecule has 1 aromatic rings. The van der Waals surface area contributed by atoms with E-state index in [1.807, 2.05) is 14.1 Å². The molecule has 0 fully saturated rings. The first-order chi connectivity index (χ1) is 9.40. The zero-order valence-electron chi connectivity index (χ0n) is 13.0. The highest BCUT2D eigenvalue weighted by Crippen LogP contribution is 2.15. The highest BCUT2D eigenvalue weighted by molar-refractivity contribution is 5.66. The number of nitrogens with zero attached hydrogens (tertiary/aromatic N) is 2. The molecule has 0 radical (unpaired) electrons. The second-order valence-corrected chi connectivity index (χ2v) is 5.62. The fourth-order valence-corrected chi connectivity index (χ4v) is 2.09. The summed E-state index contributed by atoms with van der Waals surface area (Å²) in [5, 5.41) is 8.71. The van der Waals surface area contributed by atoms with Crippen molar-refractivity contribution in [2.45, 2.75) is 39.3 Å². The molecule has 0 atom stereocenters. The molecule has 0 aromatic heterocycles. The number of anilines is 1. The molecule has 1 rings (SSSR count). The standard InChI is InChI=1S/C16H26N2O2/c1-13(2)18(11-5-6-16(19)20)12-14-7-9-15(10-8-14)17(3)4/h7-10,13H,5-6,11-12H2,1-4H3,(H,19,20). The molecule has 1 N–H and O–H groups in total. The first kappa shape index (κ1) is 16.5. The summed E-state index contributed by atoms with van der Waals surface area (Å²) < 4.78 is 0. The lowest BCUT2D eigenvalue weighted by molar-refractivity contribution is -0.137. The summed E-state index contributed by atoms with van der Waals surface area (Å²) in [7, 11) is 4.06. The van der Waals surface area contributed by atoms with Crippen LogP contribution in [0, 0.1) is 0 Å². The number of benzene rings is 1. The van der Waals surface area contributed by atoms with Gasteiger partial charge in [0.25, 0.3) is 0 Å². The van der Waals surface area contributed by atoms with Crippen LogP contribution in [-0.2, 0) is 11.3 Å². The van der Waals surface area contributed by atoms with E-state index in [1.54, 1.807) is 0 Å².